The highest BCUT2D eigenvalue weighted by atomic mass is 14.4. The highest BCUT2D eigenvalue weighted by Gasteiger charge is 2.39. The fourth-order valence-corrected chi connectivity index (χ4v) is 4.62. The molecule has 18 heavy (non-hydrogen) atoms. The van der Waals surface area contributed by atoms with E-state index in [1.807, 2.05) is 0 Å². The van der Waals surface area contributed by atoms with E-state index in [4.69, 9.17) is 0 Å². The minimum atomic E-state index is 0.402. The number of allylic oxidation sites excluding steroid dienone is 1. The molecular weight excluding hydrogens is 216 g/mol. The maximum atomic E-state index is 4.18. The Kier molecular flexibility index (Phi) is 4.24. The lowest BCUT2D eigenvalue weighted by Crippen LogP contribution is -2.26. The molecule has 0 nitrogen and oxygen atoms in total. The largest absolute Gasteiger partial charge is 0.103 e. The van der Waals surface area contributed by atoms with Crippen LogP contribution in [0.4, 0.5) is 0 Å². The second-order valence-electron chi connectivity index (χ2n) is 7.82. The minimum Gasteiger partial charge on any atom is -0.103 e. The van der Waals surface area contributed by atoms with Gasteiger partial charge in [0.2, 0.25) is 0 Å². The molecule has 0 aliphatic heterocycles. The zero-order valence-electron chi connectivity index (χ0n) is 12.9. The van der Waals surface area contributed by atoms with Crippen LogP contribution >= 0.6 is 0 Å². The zero-order chi connectivity index (χ0) is 13.3. The van der Waals surface area contributed by atoms with E-state index < -0.39 is 0 Å². The van der Waals surface area contributed by atoms with E-state index in [-0.39, 0.29) is 0 Å². The van der Waals surface area contributed by atoms with Gasteiger partial charge in [0, 0.05) is 0 Å². The first-order valence-electron chi connectivity index (χ1n) is 8.08. The SMILES string of the molecule is C=C[C@](C)(CC1CC(C)C(C)C1)C1CCC(C)C1. The summed E-state index contributed by atoms with van der Waals surface area (Å²) in [6.45, 7) is 14.0. The minimum absolute atomic E-state index is 0.402. The van der Waals surface area contributed by atoms with Gasteiger partial charge in [0.05, 0.1) is 0 Å². The molecule has 5 atom stereocenters. The predicted molar refractivity (Wildman–Crippen MR) is 80.5 cm³/mol. The standard InChI is InChI=1S/C18H32/c1-6-18(5,17-8-7-13(2)9-17)12-16-10-14(3)15(4)11-16/h6,13-17H,1,7-12H2,2-5H3/t13?,14?,15?,16?,17?,18-/m1/s1. The summed E-state index contributed by atoms with van der Waals surface area (Å²) in [5.74, 6) is 4.67. The molecule has 104 valence electrons. The number of rotatable bonds is 4. The lowest BCUT2D eigenvalue weighted by molar-refractivity contribution is 0.195. The fourth-order valence-electron chi connectivity index (χ4n) is 4.62. The van der Waals surface area contributed by atoms with Crippen molar-refractivity contribution in [1.29, 1.82) is 0 Å². The first-order valence-corrected chi connectivity index (χ1v) is 8.08. The van der Waals surface area contributed by atoms with Gasteiger partial charge in [-0.25, -0.2) is 0 Å². The molecule has 2 saturated carbocycles. The van der Waals surface area contributed by atoms with Gasteiger partial charge in [0.1, 0.15) is 0 Å². The molecule has 0 aromatic rings. The molecule has 0 aromatic carbocycles. The monoisotopic (exact) mass is 248 g/mol. The van der Waals surface area contributed by atoms with E-state index in [0.29, 0.717) is 5.41 Å². The van der Waals surface area contributed by atoms with Crippen molar-refractivity contribution in [3.05, 3.63) is 12.7 Å². The van der Waals surface area contributed by atoms with Gasteiger partial charge < -0.3 is 0 Å². The first-order chi connectivity index (χ1) is 8.44. The Bertz CT molecular complexity index is 282. The van der Waals surface area contributed by atoms with Gasteiger partial charge >= 0.3 is 0 Å². The average Bonchev–Trinajstić information content (AvgIpc) is 2.87. The molecule has 2 rings (SSSR count). The second kappa shape index (κ2) is 5.39. The molecular formula is C18H32. The predicted octanol–water partition coefficient (Wildman–Crippen LogP) is 5.69. The van der Waals surface area contributed by atoms with Crippen LogP contribution in [0.3, 0.4) is 0 Å². The Hall–Kier alpha value is -0.260. The van der Waals surface area contributed by atoms with Crippen molar-refractivity contribution in [1.82, 2.24) is 0 Å². The molecule has 0 spiro atoms. The highest BCUT2D eigenvalue weighted by molar-refractivity contribution is 5.00. The summed E-state index contributed by atoms with van der Waals surface area (Å²) < 4.78 is 0. The third-order valence-corrected chi connectivity index (χ3v) is 6.20. The van der Waals surface area contributed by atoms with Crippen molar-refractivity contribution in [2.24, 2.45) is 35.0 Å². The van der Waals surface area contributed by atoms with Crippen molar-refractivity contribution in [3.8, 4) is 0 Å². The summed E-state index contributed by atoms with van der Waals surface area (Å²) in [5.41, 5.74) is 0.402. The summed E-state index contributed by atoms with van der Waals surface area (Å²) in [6, 6.07) is 0. The van der Waals surface area contributed by atoms with Gasteiger partial charge in [0.25, 0.3) is 0 Å². The maximum absolute atomic E-state index is 4.18. The number of hydrogen-bond donors (Lipinski definition) is 0. The van der Waals surface area contributed by atoms with Crippen LogP contribution in [-0.4, -0.2) is 0 Å². The Morgan fingerprint density at radius 1 is 1.06 bits per heavy atom. The summed E-state index contributed by atoms with van der Waals surface area (Å²) in [6.07, 6.45) is 10.9. The van der Waals surface area contributed by atoms with Gasteiger partial charge in [0.15, 0.2) is 0 Å². The normalized spacial score (nSPS) is 43.9. The van der Waals surface area contributed by atoms with E-state index in [2.05, 4.69) is 40.3 Å². The van der Waals surface area contributed by atoms with Crippen molar-refractivity contribution in [3.63, 3.8) is 0 Å². The van der Waals surface area contributed by atoms with Crippen LogP contribution in [0.2, 0.25) is 0 Å². The molecule has 2 fully saturated rings. The van der Waals surface area contributed by atoms with Gasteiger partial charge in [-0.1, -0.05) is 40.2 Å². The summed E-state index contributed by atoms with van der Waals surface area (Å²) in [5, 5.41) is 0. The summed E-state index contributed by atoms with van der Waals surface area (Å²) in [7, 11) is 0. The third kappa shape index (κ3) is 2.83. The van der Waals surface area contributed by atoms with Crippen LogP contribution in [0.15, 0.2) is 12.7 Å². The Balaban J connectivity index is 1.98. The lowest BCUT2D eigenvalue weighted by Gasteiger charge is -2.35. The number of hydrogen-bond acceptors (Lipinski definition) is 0. The molecule has 2 aliphatic rings. The highest BCUT2D eigenvalue weighted by Crippen LogP contribution is 2.50. The van der Waals surface area contributed by atoms with Crippen LogP contribution < -0.4 is 0 Å². The van der Waals surface area contributed by atoms with Crippen LogP contribution in [0, 0.1) is 35.0 Å². The molecule has 4 unspecified atom stereocenters. The van der Waals surface area contributed by atoms with Gasteiger partial charge in [-0.15, -0.1) is 6.58 Å². The van der Waals surface area contributed by atoms with Gasteiger partial charge in [-0.2, -0.15) is 0 Å². The van der Waals surface area contributed by atoms with Crippen molar-refractivity contribution in [2.75, 3.05) is 0 Å². The van der Waals surface area contributed by atoms with Crippen molar-refractivity contribution < 1.29 is 0 Å². The van der Waals surface area contributed by atoms with Gasteiger partial charge in [-0.3, -0.25) is 0 Å². The van der Waals surface area contributed by atoms with E-state index in [0.717, 1.165) is 29.6 Å². The third-order valence-electron chi connectivity index (χ3n) is 6.20. The fraction of sp³-hybridized carbons (Fsp3) is 0.889. The Labute approximate surface area is 114 Å². The van der Waals surface area contributed by atoms with Crippen LogP contribution in [-0.2, 0) is 0 Å². The molecule has 0 bridgehead atoms. The van der Waals surface area contributed by atoms with Gasteiger partial charge in [-0.05, 0) is 67.1 Å². The molecule has 0 heteroatoms. The van der Waals surface area contributed by atoms with E-state index >= 15 is 0 Å². The molecule has 0 radical (unpaired) electrons. The van der Waals surface area contributed by atoms with Crippen LogP contribution in [0.25, 0.3) is 0 Å². The molecule has 2 aliphatic carbocycles. The Morgan fingerprint density at radius 3 is 2.11 bits per heavy atom. The lowest BCUT2D eigenvalue weighted by atomic mass is 9.70. The van der Waals surface area contributed by atoms with Crippen LogP contribution in [0.5, 0.6) is 0 Å². The van der Waals surface area contributed by atoms with Crippen molar-refractivity contribution in [2.45, 2.75) is 66.2 Å². The zero-order valence-corrected chi connectivity index (χ0v) is 12.9. The van der Waals surface area contributed by atoms with E-state index in [1.54, 1.807) is 0 Å². The quantitative estimate of drug-likeness (QED) is 0.561. The summed E-state index contributed by atoms with van der Waals surface area (Å²) in [4.78, 5) is 0. The topological polar surface area (TPSA) is 0 Å². The van der Waals surface area contributed by atoms with E-state index in [9.17, 15) is 0 Å². The van der Waals surface area contributed by atoms with E-state index in [1.165, 1.54) is 38.5 Å². The molecule has 0 amide bonds. The molecule has 0 aromatic heterocycles. The molecule has 0 heterocycles. The maximum Gasteiger partial charge on any atom is -0.0118 e. The summed E-state index contributed by atoms with van der Waals surface area (Å²) >= 11 is 0. The average molecular weight is 248 g/mol. The molecule has 0 saturated heterocycles. The molecule has 0 N–H and O–H groups in total. The smallest absolute Gasteiger partial charge is 0.0118 e. The van der Waals surface area contributed by atoms with Crippen LogP contribution in [0.1, 0.15) is 66.2 Å². The second-order valence-corrected chi connectivity index (χ2v) is 7.82. The Morgan fingerprint density at radius 2 is 1.67 bits per heavy atom. The van der Waals surface area contributed by atoms with Crippen molar-refractivity contribution >= 4 is 0 Å². The first kappa shape index (κ1) is 14.2.